The van der Waals surface area contributed by atoms with Crippen LogP contribution in [0.1, 0.15) is 51.4 Å². The molecule has 2 atom stereocenters. The van der Waals surface area contributed by atoms with Crippen LogP contribution in [-0.2, 0) is 4.74 Å². The van der Waals surface area contributed by atoms with Crippen LogP contribution in [0.3, 0.4) is 0 Å². The van der Waals surface area contributed by atoms with Crippen molar-refractivity contribution in [3.8, 4) is 0 Å². The van der Waals surface area contributed by atoms with Crippen molar-refractivity contribution in [2.75, 3.05) is 20.3 Å². The zero-order valence-electron chi connectivity index (χ0n) is 11.1. The number of methoxy groups -OCH3 is 1. The molecule has 2 aliphatic rings. The highest BCUT2D eigenvalue weighted by Crippen LogP contribution is 2.35. The summed E-state index contributed by atoms with van der Waals surface area (Å²) >= 11 is 0. The average Bonchev–Trinajstić information content (AvgIpc) is 2.85. The first-order valence-corrected chi connectivity index (χ1v) is 7.15. The van der Waals surface area contributed by atoms with Crippen LogP contribution in [-0.4, -0.2) is 37.5 Å². The Kier molecular flexibility index (Phi) is 4.83. The molecule has 0 bridgehead atoms. The second-order valence-electron chi connectivity index (χ2n) is 5.97. The quantitative estimate of drug-likeness (QED) is 0.774. The lowest BCUT2D eigenvalue weighted by Crippen LogP contribution is -2.42. The maximum atomic E-state index is 9.65. The molecule has 0 saturated heterocycles. The fourth-order valence-electron chi connectivity index (χ4n) is 3.39. The van der Waals surface area contributed by atoms with Crippen LogP contribution in [0.4, 0.5) is 0 Å². The van der Waals surface area contributed by atoms with Gasteiger partial charge >= 0.3 is 0 Å². The summed E-state index contributed by atoms with van der Waals surface area (Å²) < 4.78 is 5.40. The third-order valence-electron chi connectivity index (χ3n) is 4.73. The first-order chi connectivity index (χ1) is 8.28. The van der Waals surface area contributed by atoms with Crippen LogP contribution in [0.15, 0.2) is 0 Å². The van der Waals surface area contributed by atoms with Gasteiger partial charge in [0.15, 0.2) is 0 Å². The van der Waals surface area contributed by atoms with E-state index in [4.69, 9.17) is 4.74 Å². The zero-order valence-corrected chi connectivity index (χ0v) is 11.1. The van der Waals surface area contributed by atoms with E-state index in [-0.39, 0.29) is 5.41 Å². The molecule has 2 unspecified atom stereocenters. The summed E-state index contributed by atoms with van der Waals surface area (Å²) in [6, 6.07) is 0.602. The topological polar surface area (TPSA) is 41.5 Å². The molecule has 100 valence electrons. The molecule has 0 aliphatic heterocycles. The van der Waals surface area contributed by atoms with Gasteiger partial charge < -0.3 is 15.2 Å². The maximum absolute atomic E-state index is 9.65. The Morgan fingerprint density at radius 1 is 1.24 bits per heavy atom. The monoisotopic (exact) mass is 241 g/mol. The third-order valence-corrected chi connectivity index (χ3v) is 4.73. The Labute approximate surface area is 105 Å². The smallest absolute Gasteiger partial charge is 0.0586 e. The molecule has 3 heteroatoms. The van der Waals surface area contributed by atoms with Crippen molar-refractivity contribution in [1.29, 1.82) is 0 Å². The van der Waals surface area contributed by atoms with E-state index in [1.165, 1.54) is 44.9 Å². The summed E-state index contributed by atoms with van der Waals surface area (Å²) in [5, 5.41) is 13.3. The minimum atomic E-state index is 0.170. The normalized spacial score (nSPS) is 32.8. The molecule has 2 aliphatic carbocycles. The van der Waals surface area contributed by atoms with Gasteiger partial charge in [0.1, 0.15) is 0 Å². The highest BCUT2D eigenvalue weighted by Gasteiger charge is 2.33. The Morgan fingerprint density at radius 2 is 2.00 bits per heavy atom. The van der Waals surface area contributed by atoms with Gasteiger partial charge in [0.2, 0.25) is 0 Å². The van der Waals surface area contributed by atoms with E-state index in [1.54, 1.807) is 0 Å². The van der Waals surface area contributed by atoms with Crippen LogP contribution in [0.2, 0.25) is 0 Å². The fraction of sp³-hybridized carbons (Fsp3) is 1.00. The van der Waals surface area contributed by atoms with E-state index in [9.17, 15) is 5.11 Å². The number of ether oxygens (including phenoxy) is 1. The van der Waals surface area contributed by atoms with Crippen molar-refractivity contribution >= 4 is 0 Å². The molecule has 3 nitrogen and oxygen atoms in total. The van der Waals surface area contributed by atoms with Crippen LogP contribution >= 0.6 is 0 Å². The first-order valence-electron chi connectivity index (χ1n) is 7.15. The second-order valence-corrected chi connectivity index (χ2v) is 5.97. The molecular formula is C14H27NO2. The molecule has 17 heavy (non-hydrogen) atoms. The molecule has 0 spiro atoms. The molecule has 0 aromatic heterocycles. The summed E-state index contributed by atoms with van der Waals surface area (Å²) in [6.07, 6.45) is 10.3. The summed E-state index contributed by atoms with van der Waals surface area (Å²) in [7, 11) is 1.81. The SMILES string of the molecule is COC1CCC(NCC2(CO)CCCCC2)C1. The van der Waals surface area contributed by atoms with Crippen LogP contribution in [0, 0.1) is 5.41 Å². The van der Waals surface area contributed by atoms with Gasteiger partial charge in [-0.05, 0) is 32.1 Å². The van der Waals surface area contributed by atoms with E-state index in [0.717, 1.165) is 13.0 Å². The van der Waals surface area contributed by atoms with E-state index < -0.39 is 0 Å². The maximum Gasteiger partial charge on any atom is 0.0586 e. The predicted octanol–water partition coefficient (Wildman–Crippen LogP) is 2.09. The molecule has 0 aromatic rings. The van der Waals surface area contributed by atoms with E-state index >= 15 is 0 Å². The van der Waals surface area contributed by atoms with Crippen LogP contribution in [0.5, 0.6) is 0 Å². The van der Waals surface area contributed by atoms with Gasteiger partial charge in [-0.3, -0.25) is 0 Å². The number of rotatable bonds is 5. The van der Waals surface area contributed by atoms with Gasteiger partial charge in [0, 0.05) is 31.7 Å². The molecule has 0 radical (unpaired) electrons. The largest absolute Gasteiger partial charge is 0.396 e. The van der Waals surface area contributed by atoms with Crippen LogP contribution < -0.4 is 5.32 Å². The minimum Gasteiger partial charge on any atom is -0.396 e. The van der Waals surface area contributed by atoms with Gasteiger partial charge in [-0.25, -0.2) is 0 Å². The molecule has 2 rings (SSSR count). The zero-order chi connectivity index (χ0) is 12.1. The number of nitrogens with one attached hydrogen (secondary N) is 1. The lowest BCUT2D eigenvalue weighted by molar-refractivity contribution is 0.0761. The lowest BCUT2D eigenvalue weighted by atomic mass is 9.74. The summed E-state index contributed by atoms with van der Waals surface area (Å²) in [5.74, 6) is 0. The van der Waals surface area contributed by atoms with Crippen molar-refractivity contribution in [2.45, 2.75) is 63.5 Å². The molecule has 2 fully saturated rings. The van der Waals surface area contributed by atoms with Crippen LogP contribution in [0.25, 0.3) is 0 Å². The first kappa shape index (κ1) is 13.3. The van der Waals surface area contributed by atoms with E-state index in [1.807, 2.05) is 7.11 Å². The van der Waals surface area contributed by atoms with Crippen molar-refractivity contribution in [1.82, 2.24) is 5.32 Å². The van der Waals surface area contributed by atoms with Crippen molar-refractivity contribution < 1.29 is 9.84 Å². The van der Waals surface area contributed by atoms with Crippen molar-refractivity contribution in [2.24, 2.45) is 5.41 Å². The highest BCUT2D eigenvalue weighted by molar-refractivity contribution is 4.88. The summed E-state index contributed by atoms with van der Waals surface area (Å²) in [4.78, 5) is 0. The summed E-state index contributed by atoms with van der Waals surface area (Å²) in [6.45, 7) is 1.34. The Balaban J connectivity index is 1.76. The lowest BCUT2D eigenvalue weighted by Gasteiger charge is -2.36. The second kappa shape index (κ2) is 6.17. The standard InChI is InChI=1S/C14H27NO2/c1-17-13-6-5-12(9-13)15-10-14(11-16)7-3-2-4-8-14/h12-13,15-16H,2-11H2,1H3. The Morgan fingerprint density at radius 3 is 2.59 bits per heavy atom. The molecule has 0 aromatic carbocycles. The van der Waals surface area contributed by atoms with Crippen molar-refractivity contribution in [3.63, 3.8) is 0 Å². The third kappa shape index (κ3) is 3.43. The van der Waals surface area contributed by atoms with E-state index in [2.05, 4.69) is 5.32 Å². The average molecular weight is 241 g/mol. The minimum absolute atomic E-state index is 0.170. The molecule has 2 N–H and O–H groups in total. The number of hydrogen-bond acceptors (Lipinski definition) is 3. The highest BCUT2D eigenvalue weighted by atomic mass is 16.5. The predicted molar refractivity (Wildman–Crippen MR) is 69.0 cm³/mol. The van der Waals surface area contributed by atoms with Gasteiger partial charge in [-0.1, -0.05) is 19.3 Å². The van der Waals surface area contributed by atoms with E-state index in [0.29, 0.717) is 18.8 Å². The van der Waals surface area contributed by atoms with Gasteiger partial charge in [0.05, 0.1) is 6.10 Å². The Bertz CT molecular complexity index is 226. The molecule has 0 amide bonds. The number of hydrogen-bond donors (Lipinski definition) is 2. The van der Waals surface area contributed by atoms with Gasteiger partial charge in [0.25, 0.3) is 0 Å². The number of aliphatic hydroxyl groups excluding tert-OH is 1. The molecular weight excluding hydrogens is 214 g/mol. The molecule has 0 heterocycles. The summed E-state index contributed by atoms with van der Waals surface area (Å²) in [5.41, 5.74) is 0.170. The number of aliphatic hydroxyl groups is 1. The Hall–Kier alpha value is -0.120. The molecule has 2 saturated carbocycles. The van der Waals surface area contributed by atoms with Gasteiger partial charge in [-0.15, -0.1) is 0 Å². The van der Waals surface area contributed by atoms with Crippen molar-refractivity contribution in [3.05, 3.63) is 0 Å². The fourth-order valence-corrected chi connectivity index (χ4v) is 3.39. The van der Waals surface area contributed by atoms with Gasteiger partial charge in [-0.2, -0.15) is 0 Å².